The zero-order chi connectivity index (χ0) is 13.2. The monoisotopic (exact) mass is 269 g/mol. The SMILES string of the molecule is CC(C)N1CCC(CNC2=NCC(C)(C)CS2)C1. The van der Waals surface area contributed by atoms with Crippen molar-refractivity contribution in [1.82, 2.24) is 10.2 Å². The van der Waals surface area contributed by atoms with Crippen molar-refractivity contribution in [2.24, 2.45) is 16.3 Å². The second-order valence-corrected chi connectivity index (χ2v) is 7.66. The van der Waals surface area contributed by atoms with Crippen molar-refractivity contribution in [3.05, 3.63) is 0 Å². The summed E-state index contributed by atoms with van der Waals surface area (Å²) in [5.41, 5.74) is 0.373. The molecule has 2 aliphatic rings. The van der Waals surface area contributed by atoms with E-state index in [4.69, 9.17) is 0 Å². The lowest BCUT2D eigenvalue weighted by Crippen LogP contribution is -2.35. The van der Waals surface area contributed by atoms with Gasteiger partial charge in [0.15, 0.2) is 5.17 Å². The van der Waals surface area contributed by atoms with Gasteiger partial charge in [-0.2, -0.15) is 0 Å². The summed E-state index contributed by atoms with van der Waals surface area (Å²) in [5.74, 6) is 1.98. The van der Waals surface area contributed by atoms with Crippen molar-refractivity contribution >= 4 is 16.9 Å². The molecule has 1 fully saturated rings. The average Bonchev–Trinajstić information content (AvgIpc) is 2.76. The van der Waals surface area contributed by atoms with E-state index in [1.807, 2.05) is 11.8 Å². The molecule has 2 rings (SSSR count). The van der Waals surface area contributed by atoms with E-state index < -0.39 is 0 Å². The number of amidine groups is 1. The molecule has 0 amide bonds. The zero-order valence-electron chi connectivity index (χ0n) is 12.2. The third-order valence-corrected chi connectivity index (χ3v) is 5.31. The van der Waals surface area contributed by atoms with Gasteiger partial charge in [0.1, 0.15) is 0 Å². The minimum absolute atomic E-state index is 0.373. The van der Waals surface area contributed by atoms with Crippen molar-refractivity contribution < 1.29 is 0 Å². The van der Waals surface area contributed by atoms with E-state index in [2.05, 4.69) is 42.9 Å². The van der Waals surface area contributed by atoms with E-state index in [1.165, 1.54) is 25.3 Å². The number of hydrogen-bond donors (Lipinski definition) is 1. The van der Waals surface area contributed by atoms with Crippen LogP contribution in [0.25, 0.3) is 0 Å². The summed E-state index contributed by atoms with van der Waals surface area (Å²) in [4.78, 5) is 7.23. The number of hydrogen-bond acceptors (Lipinski definition) is 4. The van der Waals surface area contributed by atoms with Crippen LogP contribution >= 0.6 is 11.8 Å². The molecule has 0 aromatic heterocycles. The molecule has 0 saturated carbocycles. The molecule has 3 nitrogen and oxygen atoms in total. The van der Waals surface area contributed by atoms with Gasteiger partial charge in [-0.05, 0) is 38.1 Å². The lowest BCUT2D eigenvalue weighted by Gasteiger charge is -2.27. The van der Waals surface area contributed by atoms with Gasteiger partial charge in [-0.1, -0.05) is 25.6 Å². The summed E-state index contributed by atoms with van der Waals surface area (Å²) < 4.78 is 0. The van der Waals surface area contributed by atoms with Crippen LogP contribution in [0.4, 0.5) is 0 Å². The molecule has 0 radical (unpaired) electrons. The van der Waals surface area contributed by atoms with E-state index in [0.717, 1.165) is 24.2 Å². The third-order valence-electron chi connectivity index (χ3n) is 3.84. The smallest absolute Gasteiger partial charge is 0.156 e. The van der Waals surface area contributed by atoms with E-state index in [0.29, 0.717) is 11.5 Å². The summed E-state index contributed by atoms with van der Waals surface area (Å²) in [6.07, 6.45) is 1.33. The highest BCUT2D eigenvalue weighted by atomic mass is 32.2. The molecule has 104 valence electrons. The first-order chi connectivity index (χ1) is 8.46. The van der Waals surface area contributed by atoms with Crippen molar-refractivity contribution in [1.29, 1.82) is 0 Å². The molecule has 2 heterocycles. The Labute approximate surface area is 116 Å². The van der Waals surface area contributed by atoms with Crippen LogP contribution in [0.3, 0.4) is 0 Å². The number of likely N-dealkylation sites (tertiary alicyclic amines) is 1. The van der Waals surface area contributed by atoms with Crippen LogP contribution in [0, 0.1) is 11.3 Å². The zero-order valence-corrected chi connectivity index (χ0v) is 13.0. The van der Waals surface area contributed by atoms with Gasteiger partial charge in [-0.25, -0.2) is 0 Å². The van der Waals surface area contributed by atoms with Crippen LogP contribution in [0.2, 0.25) is 0 Å². The van der Waals surface area contributed by atoms with Crippen LogP contribution in [0.5, 0.6) is 0 Å². The Morgan fingerprint density at radius 3 is 2.83 bits per heavy atom. The standard InChI is InChI=1S/C14H27N3S/c1-11(2)17-6-5-12(8-17)7-15-13-16-9-14(3,4)10-18-13/h11-12H,5-10H2,1-4H3,(H,15,16). The Bertz CT molecular complexity index is 312. The van der Waals surface area contributed by atoms with Crippen LogP contribution in [-0.4, -0.2) is 48.0 Å². The summed E-state index contributed by atoms with van der Waals surface area (Å²) in [6.45, 7) is 13.7. The van der Waals surface area contributed by atoms with Crippen molar-refractivity contribution in [3.8, 4) is 0 Å². The molecule has 2 aliphatic heterocycles. The maximum Gasteiger partial charge on any atom is 0.156 e. The van der Waals surface area contributed by atoms with Crippen LogP contribution in [0.15, 0.2) is 4.99 Å². The molecule has 0 spiro atoms. The van der Waals surface area contributed by atoms with Gasteiger partial charge in [0.05, 0.1) is 0 Å². The molecule has 18 heavy (non-hydrogen) atoms. The van der Waals surface area contributed by atoms with Crippen LogP contribution < -0.4 is 5.32 Å². The highest BCUT2D eigenvalue weighted by Gasteiger charge is 2.26. The molecule has 1 N–H and O–H groups in total. The summed E-state index contributed by atoms with van der Waals surface area (Å²) in [5, 5.41) is 4.71. The summed E-state index contributed by atoms with van der Waals surface area (Å²) in [6, 6.07) is 0.692. The number of aliphatic imine (C=N–C) groups is 1. The van der Waals surface area contributed by atoms with Crippen LogP contribution in [0.1, 0.15) is 34.1 Å². The molecule has 1 atom stereocenters. The lowest BCUT2D eigenvalue weighted by molar-refractivity contribution is 0.265. The largest absolute Gasteiger partial charge is 0.365 e. The second-order valence-electron chi connectivity index (χ2n) is 6.70. The third kappa shape index (κ3) is 3.89. The first-order valence-electron chi connectivity index (χ1n) is 7.11. The van der Waals surface area contributed by atoms with Gasteiger partial charge in [0, 0.05) is 31.4 Å². The van der Waals surface area contributed by atoms with Crippen molar-refractivity contribution in [3.63, 3.8) is 0 Å². The molecule has 1 saturated heterocycles. The normalized spacial score (nSPS) is 28.5. The Morgan fingerprint density at radius 2 is 2.28 bits per heavy atom. The topological polar surface area (TPSA) is 27.6 Å². The fourth-order valence-electron chi connectivity index (χ4n) is 2.48. The number of nitrogens with one attached hydrogen (secondary N) is 1. The van der Waals surface area contributed by atoms with Gasteiger partial charge in [0.2, 0.25) is 0 Å². The number of thioether (sulfide) groups is 1. The average molecular weight is 269 g/mol. The van der Waals surface area contributed by atoms with Gasteiger partial charge in [0.25, 0.3) is 0 Å². The van der Waals surface area contributed by atoms with E-state index >= 15 is 0 Å². The minimum Gasteiger partial charge on any atom is -0.365 e. The maximum absolute atomic E-state index is 4.65. The summed E-state index contributed by atoms with van der Waals surface area (Å²) in [7, 11) is 0. The first-order valence-corrected chi connectivity index (χ1v) is 8.10. The Kier molecular flexibility index (Phi) is 4.59. The Balaban J connectivity index is 1.72. The maximum atomic E-state index is 4.65. The van der Waals surface area contributed by atoms with Gasteiger partial charge in [-0.3, -0.25) is 4.99 Å². The van der Waals surface area contributed by atoms with Crippen molar-refractivity contribution in [2.75, 3.05) is 31.9 Å². The molecule has 0 bridgehead atoms. The predicted octanol–water partition coefficient (Wildman–Crippen LogP) is 2.44. The van der Waals surface area contributed by atoms with E-state index in [-0.39, 0.29) is 0 Å². The molecular weight excluding hydrogens is 242 g/mol. The highest BCUT2D eigenvalue weighted by Crippen LogP contribution is 2.27. The molecule has 0 aromatic carbocycles. The second kappa shape index (κ2) is 5.83. The van der Waals surface area contributed by atoms with E-state index in [1.54, 1.807) is 0 Å². The molecule has 0 aliphatic carbocycles. The van der Waals surface area contributed by atoms with Gasteiger partial charge in [-0.15, -0.1) is 0 Å². The highest BCUT2D eigenvalue weighted by molar-refractivity contribution is 8.13. The summed E-state index contributed by atoms with van der Waals surface area (Å²) >= 11 is 1.89. The van der Waals surface area contributed by atoms with E-state index in [9.17, 15) is 0 Å². The minimum atomic E-state index is 0.373. The molecule has 4 heteroatoms. The Hall–Kier alpha value is -0.220. The predicted molar refractivity (Wildman–Crippen MR) is 81.4 cm³/mol. The number of nitrogens with zero attached hydrogens (tertiary/aromatic N) is 2. The first kappa shape index (κ1) is 14.2. The van der Waals surface area contributed by atoms with Gasteiger partial charge < -0.3 is 10.2 Å². The fourth-order valence-corrected chi connectivity index (χ4v) is 3.44. The molecule has 1 unspecified atom stereocenters. The lowest BCUT2D eigenvalue weighted by atomic mass is 9.97. The quantitative estimate of drug-likeness (QED) is 0.853. The number of rotatable bonds is 3. The van der Waals surface area contributed by atoms with Gasteiger partial charge >= 0.3 is 0 Å². The fraction of sp³-hybridized carbons (Fsp3) is 0.929. The molecular formula is C14H27N3S. The Morgan fingerprint density at radius 1 is 1.50 bits per heavy atom. The molecule has 0 aromatic rings. The van der Waals surface area contributed by atoms with Crippen molar-refractivity contribution in [2.45, 2.75) is 40.2 Å². The van der Waals surface area contributed by atoms with Crippen LogP contribution in [-0.2, 0) is 0 Å².